The zero-order valence-corrected chi connectivity index (χ0v) is 11.4. The summed E-state index contributed by atoms with van der Waals surface area (Å²) in [5, 5.41) is 2.81. The first kappa shape index (κ1) is 13.9. The number of carbonyl (C=O) groups is 1. The number of para-hydroxylation sites is 2. The van der Waals surface area contributed by atoms with Crippen molar-refractivity contribution in [3.05, 3.63) is 53.6 Å². The summed E-state index contributed by atoms with van der Waals surface area (Å²) in [5.74, 6) is 5.81. The van der Waals surface area contributed by atoms with Crippen molar-refractivity contribution in [3.63, 3.8) is 0 Å². The largest absolute Gasteiger partial charge is 0.495 e. The lowest BCUT2D eigenvalue weighted by Gasteiger charge is -2.12. The molecule has 4 N–H and O–H groups in total. The molecule has 1 amide bonds. The predicted octanol–water partition coefficient (Wildman–Crippen LogP) is 2.54. The number of nitrogen functional groups attached to an aromatic ring is 1. The molecule has 0 aliphatic rings. The van der Waals surface area contributed by atoms with Crippen LogP contribution in [0.4, 0.5) is 11.4 Å². The van der Waals surface area contributed by atoms with E-state index in [1.807, 2.05) is 31.2 Å². The van der Waals surface area contributed by atoms with Crippen molar-refractivity contribution in [1.29, 1.82) is 0 Å². The molecule has 0 unspecified atom stereocenters. The molecule has 2 aromatic carbocycles. The van der Waals surface area contributed by atoms with Crippen molar-refractivity contribution in [2.45, 2.75) is 6.92 Å². The number of amides is 1. The molecule has 5 nitrogen and oxygen atoms in total. The lowest BCUT2D eigenvalue weighted by Crippen LogP contribution is -2.17. The minimum absolute atomic E-state index is 0.248. The fourth-order valence-electron chi connectivity index (χ4n) is 1.91. The van der Waals surface area contributed by atoms with Gasteiger partial charge in [-0.1, -0.05) is 18.2 Å². The predicted molar refractivity (Wildman–Crippen MR) is 79.9 cm³/mol. The SMILES string of the molecule is COc1ccccc1NC(=O)c1ccc(C)cc1NN. The van der Waals surface area contributed by atoms with E-state index in [1.165, 1.54) is 0 Å². The molecule has 20 heavy (non-hydrogen) atoms. The van der Waals surface area contributed by atoms with E-state index >= 15 is 0 Å². The van der Waals surface area contributed by atoms with Crippen LogP contribution >= 0.6 is 0 Å². The van der Waals surface area contributed by atoms with Gasteiger partial charge in [-0.15, -0.1) is 0 Å². The fourth-order valence-corrected chi connectivity index (χ4v) is 1.91. The van der Waals surface area contributed by atoms with Crippen LogP contribution in [-0.2, 0) is 0 Å². The van der Waals surface area contributed by atoms with Crippen molar-refractivity contribution in [3.8, 4) is 5.75 Å². The van der Waals surface area contributed by atoms with Gasteiger partial charge in [0.05, 0.1) is 24.0 Å². The highest BCUT2D eigenvalue weighted by Gasteiger charge is 2.13. The number of ether oxygens (including phenoxy) is 1. The molecular weight excluding hydrogens is 254 g/mol. The van der Waals surface area contributed by atoms with Crippen molar-refractivity contribution < 1.29 is 9.53 Å². The smallest absolute Gasteiger partial charge is 0.257 e. The molecule has 5 heteroatoms. The normalized spacial score (nSPS) is 9.95. The van der Waals surface area contributed by atoms with E-state index in [9.17, 15) is 4.79 Å². The monoisotopic (exact) mass is 271 g/mol. The summed E-state index contributed by atoms with van der Waals surface area (Å²) in [6, 6.07) is 12.6. The number of aryl methyl sites for hydroxylation is 1. The maximum atomic E-state index is 12.3. The summed E-state index contributed by atoms with van der Waals surface area (Å²) in [4.78, 5) is 12.3. The lowest BCUT2D eigenvalue weighted by molar-refractivity contribution is 0.102. The first-order chi connectivity index (χ1) is 9.65. The zero-order valence-electron chi connectivity index (χ0n) is 11.4. The number of nitrogens with two attached hydrogens (primary N) is 1. The minimum atomic E-state index is -0.248. The summed E-state index contributed by atoms with van der Waals surface area (Å²) >= 11 is 0. The second kappa shape index (κ2) is 6.08. The summed E-state index contributed by atoms with van der Waals surface area (Å²) in [5.41, 5.74) is 5.23. The van der Waals surface area contributed by atoms with Gasteiger partial charge < -0.3 is 15.5 Å². The number of rotatable bonds is 4. The first-order valence-corrected chi connectivity index (χ1v) is 6.17. The number of methoxy groups -OCH3 is 1. The summed E-state index contributed by atoms with van der Waals surface area (Å²) in [7, 11) is 1.56. The van der Waals surface area contributed by atoms with Gasteiger partial charge in [0.2, 0.25) is 0 Å². The van der Waals surface area contributed by atoms with Crippen LogP contribution in [0.15, 0.2) is 42.5 Å². The molecule has 0 atom stereocenters. The molecule has 0 heterocycles. The number of hydrazine groups is 1. The molecule has 0 saturated carbocycles. The Balaban J connectivity index is 2.28. The van der Waals surface area contributed by atoms with Crippen molar-refractivity contribution in [2.75, 3.05) is 17.9 Å². The maximum absolute atomic E-state index is 12.3. The second-order valence-electron chi connectivity index (χ2n) is 4.35. The number of benzene rings is 2. The Morgan fingerprint density at radius 3 is 2.60 bits per heavy atom. The number of hydrogen-bond acceptors (Lipinski definition) is 4. The van der Waals surface area contributed by atoms with Gasteiger partial charge in [0.25, 0.3) is 5.91 Å². The Labute approximate surface area is 117 Å². The second-order valence-corrected chi connectivity index (χ2v) is 4.35. The topological polar surface area (TPSA) is 76.4 Å². The molecule has 0 radical (unpaired) electrons. The highest BCUT2D eigenvalue weighted by atomic mass is 16.5. The van der Waals surface area contributed by atoms with Crippen LogP contribution in [0.3, 0.4) is 0 Å². The third kappa shape index (κ3) is 2.89. The third-order valence-corrected chi connectivity index (χ3v) is 2.93. The quantitative estimate of drug-likeness (QED) is 0.590. The van der Waals surface area contributed by atoms with Gasteiger partial charge in [-0.3, -0.25) is 10.6 Å². The molecule has 0 aliphatic heterocycles. The zero-order chi connectivity index (χ0) is 14.5. The van der Waals surface area contributed by atoms with Crippen LogP contribution in [0, 0.1) is 6.92 Å². The molecule has 0 aromatic heterocycles. The molecule has 0 fully saturated rings. The van der Waals surface area contributed by atoms with E-state index in [0.717, 1.165) is 5.56 Å². The molecule has 0 spiro atoms. The molecule has 0 bridgehead atoms. The molecule has 2 aromatic rings. The van der Waals surface area contributed by atoms with E-state index in [2.05, 4.69) is 10.7 Å². The Morgan fingerprint density at radius 2 is 1.90 bits per heavy atom. The van der Waals surface area contributed by atoms with Crippen LogP contribution in [0.1, 0.15) is 15.9 Å². The summed E-state index contributed by atoms with van der Waals surface area (Å²) < 4.78 is 5.20. The van der Waals surface area contributed by atoms with Gasteiger partial charge >= 0.3 is 0 Å². The Morgan fingerprint density at radius 1 is 1.15 bits per heavy atom. The van der Waals surface area contributed by atoms with E-state index in [0.29, 0.717) is 22.7 Å². The Bertz CT molecular complexity index is 626. The van der Waals surface area contributed by atoms with Crippen LogP contribution in [0.5, 0.6) is 5.75 Å². The van der Waals surface area contributed by atoms with Crippen LogP contribution in [0.25, 0.3) is 0 Å². The van der Waals surface area contributed by atoms with E-state index in [4.69, 9.17) is 10.6 Å². The van der Waals surface area contributed by atoms with Gasteiger partial charge in [0.1, 0.15) is 5.75 Å². The van der Waals surface area contributed by atoms with E-state index < -0.39 is 0 Å². The minimum Gasteiger partial charge on any atom is -0.495 e. The average molecular weight is 271 g/mol. The molecule has 2 rings (SSSR count). The van der Waals surface area contributed by atoms with Crippen LogP contribution in [0.2, 0.25) is 0 Å². The molecule has 0 aliphatic carbocycles. The third-order valence-electron chi connectivity index (χ3n) is 2.93. The van der Waals surface area contributed by atoms with Gasteiger partial charge in [-0.2, -0.15) is 0 Å². The fraction of sp³-hybridized carbons (Fsp3) is 0.133. The van der Waals surface area contributed by atoms with Gasteiger partial charge in [-0.25, -0.2) is 0 Å². The molecular formula is C15H17N3O2. The first-order valence-electron chi connectivity index (χ1n) is 6.17. The number of anilines is 2. The Kier molecular flexibility index (Phi) is 4.22. The van der Waals surface area contributed by atoms with Crippen molar-refractivity contribution >= 4 is 17.3 Å². The highest BCUT2D eigenvalue weighted by Crippen LogP contribution is 2.25. The van der Waals surface area contributed by atoms with Gasteiger partial charge in [0, 0.05) is 0 Å². The standard InChI is InChI=1S/C15H17N3O2/c1-10-7-8-11(13(9-10)18-16)15(19)17-12-5-3-4-6-14(12)20-2/h3-9,18H,16H2,1-2H3,(H,17,19). The number of hydrogen-bond donors (Lipinski definition) is 3. The van der Waals surface area contributed by atoms with Crippen molar-refractivity contribution in [2.24, 2.45) is 5.84 Å². The Hall–Kier alpha value is -2.53. The number of nitrogens with one attached hydrogen (secondary N) is 2. The highest BCUT2D eigenvalue weighted by molar-refractivity contribution is 6.08. The maximum Gasteiger partial charge on any atom is 0.257 e. The van der Waals surface area contributed by atoms with E-state index in [1.54, 1.807) is 25.3 Å². The van der Waals surface area contributed by atoms with E-state index in [-0.39, 0.29) is 5.91 Å². The van der Waals surface area contributed by atoms with Gasteiger partial charge in [0.15, 0.2) is 0 Å². The molecule has 104 valence electrons. The van der Waals surface area contributed by atoms with Crippen LogP contribution in [-0.4, -0.2) is 13.0 Å². The van der Waals surface area contributed by atoms with Crippen molar-refractivity contribution in [1.82, 2.24) is 0 Å². The summed E-state index contributed by atoms with van der Waals surface area (Å²) in [6.45, 7) is 1.93. The average Bonchev–Trinajstić information content (AvgIpc) is 2.47. The molecule has 0 saturated heterocycles. The van der Waals surface area contributed by atoms with Gasteiger partial charge in [-0.05, 0) is 36.8 Å². The lowest BCUT2D eigenvalue weighted by atomic mass is 10.1. The number of carbonyl (C=O) groups excluding carboxylic acids is 1. The summed E-state index contributed by atoms with van der Waals surface area (Å²) in [6.07, 6.45) is 0. The van der Waals surface area contributed by atoms with Crippen LogP contribution < -0.4 is 21.3 Å².